The number of para-hydroxylation sites is 2. The maximum atomic E-state index is 12.8. The highest BCUT2D eigenvalue weighted by molar-refractivity contribution is 7.23. The van der Waals surface area contributed by atoms with Crippen molar-refractivity contribution in [3.8, 4) is 55.4 Å². The zero-order valence-electron chi connectivity index (χ0n) is 73.4. The van der Waals surface area contributed by atoms with Crippen molar-refractivity contribution in [2.24, 2.45) is 23.7 Å². The molecule has 18 aromatic rings. The van der Waals surface area contributed by atoms with E-state index in [-0.39, 0.29) is 59.1 Å². The van der Waals surface area contributed by atoms with Crippen LogP contribution in [-0.4, -0.2) is 115 Å². The summed E-state index contributed by atoms with van der Waals surface area (Å²) < 4.78 is 12.2. The van der Waals surface area contributed by atoms with Gasteiger partial charge in [-0.15, -0.1) is 40.4 Å². The van der Waals surface area contributed by atoms with Gasteiger partial charge in [-0.1, -0.05) is 90.8 Å². The van der Waals surface area contributed by atoms with E-state index in [1.54, 1.807) is 76.1 Å². The number of rotatable bonds is 14. The first-order valence-corrected chi connectivity index (χ1v) is 47.2. The zero-order valence-corrected chi connectivity index (χ0v) is 75.9. The summed E-state index contributed by atoms with van der Waals surface area (Å²) in [6.07, 6.45) is 37.3. The second-order valence-corrected chi connectivity index (χ2v) is 38.3. The van der Waals surface area contributed by atoms with Crippen LogP contribution in [-0.2, 0) is 19.2 Å². The summed E-state index contributed by atoms with van der Waals surface area (Å²) in [4.78, 5) is 99.6. The number of amides is 3. The summed E-state index contributed by atoms with van der Waals surface area (Å²) in [6.45, 7) is 6.40. The number of imidazole rings is 4. The predicted octanol–water partition coefficient (Wildman–Crippen LogP) is 20.9. The largest absolute Gasteiger partial charge is 0.481 e. The van der Waals surface area contributed by atoms with Gasteiger partial charge in [-0.05, 0) is 211 Å². The number of nitrogens with two attached hydrogens (primary N) is 4. The number of H-pyrrole nitrogens is 1. The van der Waals surface area contributed by atoms with Crippen molar-refractivity contribution in [3.63, 3.8) is 0 Å². The summed E-state index contributed by atoms with van der Waals surface area (Å²) in [5.41, 5.74) is 40.1. The number of hydrogen-bond donors (Lipinski definition) is 8. The van der Waals surface area contributed by atoms with E-state index in [9.17, 15) is 24.3 Å². The van der Waals surface area contributed by atoms with Crippen LogP contribution in [0.2, 0.25) is 0 Å². The Morgan fingerprint density at radius 3 is 1.16 bits per heavy atom. The molecule has 26 nitrogen and oxygen atoms in total. The van der Waals surface area contributed by atoms with Crippen LogP contribution in [0.4, 0.5) is 34.6 Å². The molecule has 0 spiro atoms. The van der Waals surface area contributed by atoms with Gasteiger partial charge in [0.05, 0.1) is 43.6 Å². The monoisotopic (exact) mass is 1800 g/mol. The van der Waals surface area contributed by atoms with Crippen LogP contribution in [0.5, 0.6) is 0 Å². The minimum absolute atomic E-state index is 0.00483. The molecule has 4 saturated carbocycles. The molecular weight excluding hydrogens is 1700 g/mol. The Bertz CT molecular complexity index is 7410. The lowest BCUT2D eigenvalue weighted by atomic mass is 9.81. The molecule has 29 heteroatoms. The SMILES string of the molecule is C#Cc1cccc2cc(-c3nc(C4CCC(C(=O)Nc5ccccc5)CC4)n4ccnc(N)c34)[nH]c12.Cc1cccc2cc(-c3nc(C4CCC(C(=O)N(C)C)CC4)n4ccnc(N)c34)sc12.Cc1cccc2cc(-c3nc(C4CCC(C(=O)Nc5cccnc5)CC4)n4ccnc(N)c34)sc12.Cc1cccc2cc(-c3nc(C4CCC(C(=O)O)CC4)n4ccnc(N)c34)sc12. The van der Waals surface area contributed by atoms with Gasteiger partial charge >= 0.3 is 5.97 Å². The van der Waals surface area contributed by atoms with Crippen molar-refractivity contribution in [2.45, 2.75) is 147 Å². The molecule has 0 atom stereocenters. The molecule has 0 saturated heterocycles. The van der Waals surface area contributed by atoms with E-state index in [4.69, 9.17) is 49.3 Å². The molecule has 4 aliphatic carbocycles. The van der Waals surface area contributed by atoms with Crippen LogP contribution >= 0.6 is 34.0 Å². The first-order chi connectivity index (χ1) is 63.7. The van der Waals surface area contributed by atoms with Crippen LogP contribution in [0.1, 0.15) is 172 Å². The second-order valence-electron chi connectivity index (χ2n) is 35.2. The summed E-state index contributed by atoms with van der Waals surface area (Å²) in [7, 11) is 3.68. The van der Waals surface area contributed by atoms with Gasteiger partial charge in [0, 0.05) is 142 Å². The Hall–Kier alpha value is -14.2. The topological polar surface area (TPSA) is 369 Å². The molecule has 0 bridgehead atoms. The number of aromatic nitrogens is 14. The number of thiophene rings is 3. The molecule has 662 valence electrons. The number of fused-ring (bicyclic) bond motifs is 8. The molecular formula is C102H101N21O5S3. The van der Waals surface area contributed by atoms with Crippen LogP contribution < -0.4 is 33.6 Å². The van der Waals surface area contributed by atoms with E-state index in [1.807, 2.05) is 99.5 Å². The minimum Gasteiger partial charge on any atom is -0.481 e. The number of benzene rings is 5. The molecule has 13 heterocycles. The van der Waals surface area contributed by atoms with E-state index in [0.29, 0.717) is 42.0 Å². The highest BCUT2D eigenvalue weighted by Crippen LogP contribution is 2.48. The molecule has 4 fully saturated rings. The number of carbonyl (C=O) groups excluding carboxylic acids is 3. The molecule has 131 heavy (non-hydrogen) atoms. The molecule has 0 radical (unpaired) electrons. The number of nitrogens with zero attached hydrogens (tertiary/aromatic N) is 14. The van der Waals surface area contributed by atoms with Crippen LogP contribution in [0.15, 0.2) is 201 Å². The number of carboxylic acids is 1. The molecule has 0 aliphatic heterocycles. The maximum Gasteiger partial charge on any atom is 0.306 e. The fourth-order valence-corrected chi connectivity index (χ4v) is 23.2. The standard InChI is InChI=1S/C29H26N6O.C27H26N6OS.C24H27N5OS.C22H22N4O2S/c1-2-18-7-6-8-21-17-23(33-24(18)21)25-26-27(30)31-15-16-35(26)28(34-25)19-11-13-20(14-12-19)29(36)32-22-9-4-3-5-10-22;1-16-4-2-5-19-14-21(35-24(16)19)22-23-25(28)30-12-13-33(23)26(32-22)17-7-9-18(10-8-17)27(34)31-20-6-3-11-29-15-20;1-14-5-4-6-17-13-18(31-21(14)17)19-20-22(25)26-11-12-29(20)23(27-19)15-7-9-16(10-8-15)24(30)28(2)3;1-12-3-2-4-15-11-16(29-19(12)15)17-18-20(23)24-9-10-26(18)21(25-17)13-5-7-14(8-6-13)22(27)28/h1,3-10,15-17,19-20,33H,11-14H2,(H2,30,31)(H,32,36);2-6,11-15,17-18H,7-10H2,1H3,(H2,28,30)(H,31,34);4-6,11-13,15-16H,7-10H2,1-3H3,(H2,25,26);2-4,9-11,13-14H,5-8H2,1H3,(H2,23,24)(H,27,28). The maximum absolute atomic E-state index is 12.8. The smallest absolute Gasteiger partial charge is 0.306 e. The Balaban J connectivity index is 0.000000113. The average Bonchev–Trinajstić information content (AvgIpc) is 1.61. The molecule has 12 N–H and O–H groups in total. The van der Waals surface area contributed by atoms with Crippen LogP contribution in [0.3, 0.4) is 0 Å². The van der Waals surface area contributed by atoms with Gasteiger partial charge in [0.15, 0.2) is 0 Å². The molecule has 22 rings (SSSR count). The quantitative estimate of drug-likeness (QED) is 0.0469. The van der Waals surface area contributed by atoms with Crippen molar-refractivity contribution in [2.75, 3.05) is 47.7 Å². The van der Waals surface area contributed by atoms with Gasteiger partial charge in [-0.3, -0.25) is 41.8 Å². The second kappa shape index (κ2) is 36.7. The number of aryl methyl sites for hydroxylation is 3. The zero-order chi connectivity index (χ0) is 90.4. The van der Waals surface area contributed by atoms with Crippen molar-refractivity contribution in [1.29, 1.82) is 0 Å². The first kappa shape index (κ1) is 86.2. The lowest BCUT2D eigenvalue weighted by molar-refractivity contribution is -0.143. The molecule has 3 amide bonds. The fraction of sp³-hybridized carbons (Fsp3) is 0.284. The Kier molecular flexibility index (Phi) is 24.2. The Morgan fingerprint density at radius 2 is 0.786 bits per heavy atom. The van der Waals surface area contributed by atoms with Gasteiger partial charge in [0.2, 0.25) is 17.7 Å². The number of aliphatic carboxylic acids is 1. The lowest BCUT2D eigenvalue weighted by Gasteiger charge is -2.28. The third-order valence-corrected chi connectivity index (χ3v) is 30.5. The number of anilines is 6. The van der Waals surface area contributed by atoms with Crippen molar-refractivity contribution in [1.82, 2.24) is 72.3 Å². The normalized spacial score (nSPS) is 18.7. The molecule has 0 unspecified atom stereocenters. The van der Waals surface area contributed by atoms with E-state index >= 15 is 0 Å². The summed E-state index contributed by atoms with van der Waals surface area (Å²) in [5, 5.41) is 20.0. The highest BCUT2D eigenvalue weighted by Gasteiger charge is 2.37. The Morgan fingerprint density at radius 1 is 0.427 bits per heavy atom. The summed E-state index contributed by atoms with van der Waals surface area (Å²) in [6, 6.07) is 46.9. The van der Waals surface area contributed by atoms with E-state index < -0.39 is 5.97 Å². The number of hydrogen-bond acceptors (Lipinski definition) is 20. The van der Waals surface area contributed by atoms with E-state index in [1.165, 1.54) is 46.9 Å². The number of nitrogen functional groups attached to an aromatic ring is 4. The number of nitrogens with one attached hydrogen (secondary N) is 3. The fourth-order valence-electron chi connectivity index (χ4n) is 19.8. The Labute approximate surface area is 768 Å². The van der Waals surface area contributed by atoms with Crippen LogP contribution in [0, 0.1) is 56.8 Å². The third kappa shape index (κ3) is 17.1. The predicted molar refractivity (Wildman–Crippen MR) is 525 cm³/mol. The van der Waals surface area contributed by atoms with E-state index in [2.05, 4.69) is 164 Å². The van der Waals surface area contributed by atoms with Gasteiger partial charge < -0.3 is 48.6 Å². The van der Waals surface area contributed by atoms with Gasteiger partial charge in [-0.2, -0.15) is 0 Å². The lowest BCUT2D eigenvalue weighted by Crippen LogP contribution is -2.32. The number of pyridine rings is 1. The van der Waals surface area contributed by atoms with Gasteiger partial charge in [0.1, 0.15) is 91.4 Å². The summed E-state index contributed by atoms with van der Waals surface area (Å²) >= 11 is 5.24. The van der Waals surface area contributed by atoms with Crippen molar-refractivity contribution in [3.05, 3.63) is 247 Å². The highest BCUT2D eigenvalue weighted by atomic mass is 32.1. The number of terminal acetylenes is 1. The number of aromatic amines is 1. The first-order valence-electron chi connectivity index (χ1n) is 44.7. The number of carboxylic acid groups (broad SMARTS) is 1. The third-order valence-electron chi connectivity index (χ3n) is 26.7. The minimum atomic E-state index is -0.689. The van der Waals surface area contributed by atoms with Gasteiger partial charge in [-0.25, -0.2) is 39.9 Å². The van der Waals surface area contributed by atoms with Gasteiger partial charge in [0.25, 0.3) is 0 Å². The molecule has 13 aromatic heterocycles. The van der Waals surface area contributed by atoms with Crippen molar-refractivity contribution >= 4 is 156 Å². The average molecular weight is 1800 g/mol. The molecule has 4 aliphatic rings. The number of carbonyl (C=O) groups is 4. The molecule has 5 aromatic carbocycles. The van der Waals surface area contributed by atoms with Crippen LogP contribution in [0.25, 0.3) is 106 Å². The van der Waals surface area contributed by atoms with Crippen molar-refractivity contribution < 1.29 is 24.3 Å². The summed E-state index contributed by atoms with van der Waals surface area (Å²) in [5.74, 6) is 9.16. The van der Waals surface area contributed by atoms with E-state index in [0.717, 1.165) is 206 Å².